The van der Waals surface area contributed by atoms with Crippen LogP contribution in [0.4, 0.5) is 0 Å². The summed E-state index contributed by atoms with van der Waals surface area (Å²) >= 11 is 0. The lowest BCUT2D eigenvalue weighted by atomic mass is 10.0. The second-order valence-electron chi connectivity index (χ2n) is 5.81. The third kappa shape index (κ3) is 4.35. The minimum Gasteiger partial charge on any atom is -0.483 e. The molecule has 1 unspecified atom stereocenters. The average Bonchev–Trinajstić information content (AvgIpc) is 2.66. The first kappa shape index (κ1) is 17.0. The number of rotatable bonds is 7. The van der Waals surface area contributed by atoms with E-state index in [2.05, 4.69) is 17.4 Å². The van der Waals surface area contributed by atoms with Gasteiger partial charge in [-0.1, -0.05) is 48.5 Å². The van der Waals surface area contributed by atoms with Crippen LogP contribution in [0.5, 0.6) is 5.75 Å². The van der Waals surface area contributed by atoms with E-state index in [9.17, 15) is 0 Å². The third-order valence-corrected chi connectivity index (χ3v) is 4.11. The Balaban J connectivity index is 1.84. The molecule has 1 aliphatic heterocycles. The van der Waals surface area contributed by atoms with E-state index in [1.807, 2.05) is 49.4 Å². The fraction of sp³-hybridized carbons (Fsp3) is 0.400. The standard InChI is InChI=1S/C20H25NO3/c1-2-22-15-17-10-6-7-11-18(17)24-20(16-8-4-3-5-9-16)19-14-21-12-13-23-19/h3-11,19-21H,2,12-15H2,1H3/t19?,20-/m0/s1. The summed E-state index contributed by atoms with van der Waals surface area (Å²) in [7, 11) is 0. The molecule has 0 saturated carbocycles. The van der Waals surface area contributed by atoms with Gasteiger partial charge in [-0.2, -0.15) is 0 Å². The van der Waals surface area contributed by atoms with Crippen LogP contribution in [0.25, 0.3) is 0 Å². The van der Waals surface area contributed by atoms with E-state index in [0.29, 0.717) is 19.8 Å². The molecule has 0 bridgehead atoms. The highest BCUT2D eigenvalue weighted by Gasteiger charge is 2.28. The predicted molar refractivity (Wildman–Crippen MR) is 94.2 cm³/mol. The van der Waals surface area contributed by atoms with Crippen molar-refractivity contribution in [1.29, 1.82) is 0 Å². The van der Waals surface area contributed by atoms with Crippen LogP contribution in [0.15, 0.2) is 54.6 Å². The zero-order valence-corrected chi connectivity index (χ0v) is 14.1. The first-order valence-electron chi connectivity index (χ1n) is 8.58. The van der Waals surface area contributed by atoms with E-state index in [4.69, 9.17) is 14.2 Å². The van der Waals surface area contributed by atoms with Crippen molar-refractivity contribution in [3.63, 3.8) is 0 Å². The van der Waals surface area contributed by atoms with Gasteiger partial charge in [-0.3, -0.25) is 0 Å². The van der Waals surface area contributed by atoms with Crippen LogP contribution in [0.3, 0.4) is 0 Å². The molecule has 1 heterocycles. The minimum absolute atomic E-state index is 0.0127. The Hall–Kier alpha value is -1.88. The lowest BCUT2D eigenvalue weighted by molar-refractivity contribution is -0.0439. The van der Waals surface area contributed by atoms with E-state index in [0.717, 1.165) is 30.0 Å². The maximum absolute atomic E-state index is 6.42. The molecular formula is C20H25NO3. The SMILES string of the molecule is CCOCc1ccccc1O[C@@H](c1ccccc1)C1CNCCO1. The Morgan fingerprint density at radius 3 is 2.67 bits per heavy atom. The van der Waals surface area contributed by atoms with Crippen molar-refractivity contribution in [2.45, 2.75) is 25.7 Å². The molecule has 1 saturated heterocycles. The molecular weight excluding hydrogens is 302 g/mol. The van der Waals surface area contributed by atoms with E-state index in [1.54, 1.807) is 0 Å². The van der Waals surface area contributed by atoms with Crippen LogP contribution in [0.1, 0.15) is 24.2 Å². The molecule has 3 rings (SSSR count). The Morgan fingerprint density at radius 2 is 1.92 bits per heavy atom. The minimum atomic E-state index is -0.151. The van der Waals surface area contributed by atoms with E-state index >= 15 is 0 Å². The zero-order chi connectivity index (χ0) is 16.6. The molecule has 0 amide bonds. The number of morpholine rings is 1. The van der Waals surface area contributed by atoms with Gasteiger partial charge in [0.1, 0.15) is 11.9 Å². The molecule has 128 valence electrons. The number of para-hydroxylation sites is 1. The van der Waals surface area contributed by atoms with Crippen molar-refractivity contribution >= 4 is 0 Å². The van der Waals surface area contributed by atoms with Gasteiger partial charge < -0.3 is 19.5 Å². The predicted octanol–water partition coefficient (Wildman–Crippen LogP) is 3.33. The smallest absolute Gasteiger partial charge is 0.151 e. The summed E-state index contributed by atoms with van der Waals surface area (Å²) in [4.78, 5) is 0. The van der Waals surface area contributed by atoms with E-state index < -0.39 is 0 Å². The summed E-state index contributed by atoms with van der Waals surface area (Å²) in [5, 5.41) is 3.39. The molecule has 0 aromatic heterocycles. The molecule has 1 aliphatic rings. The Bertz CT molecular complexity index is 611. The summed E-state index contributed by atoms with van der Waals surface area (Å²) in [5.74, 6) is 0.856. The lowest BCUT2D eigenvalue weighted by Gasteiger charge is -2.32. The van der Waals surface area contributed by atoms with Gasteiger partial charge in [0.2, 0.25) is 0 Å². The number of hydrogen-bond acceptors (Lipinski definition) is 4. The highest BCUT2D eigenvalue weighted by molar-refractivity contribution is 5.34. The molecule has 2 aromatic carbocycles. The van der Waals surface area contributed by atoms with Crippen molar-refractivity contribution in [2.24, 2.45) is 0 Å². The van der Waals surface area contributed by atoms with Crippen LogP contribution >= 0.6 is 0 Å². The summed E-state index contributed by atoms with van der Waals surface area (Å²) in [6, 6.07) is 18.3. The normalized spacial score (nSPS) is 19.0. The quantitative estimate of drug-likeness (QED) is 0.847. The monoisotopic (exact) mass is 327 g/mol. The highest BCUT2D eigenvalue weighted by Crippen LogP contribution is 2.30. The van der Waals surface area contributed by atoms with E-state index in [1.165, 1.54) is 0 Å². The molecule has 1 fully saturated rings. The molecule has 24 heavy (non-hydrogen) atoms. The molecule has 1 N–H and O–H groups in total. The van der Waals surface area contributed by atoms with Crippen LogP contribution in [0.2, 0.25) is 0 Å². The van der Waals surface area contributed by atoms with Crippen molar-refractivity contribution in [3.05, 3.63) is 65.7 Å². The first-order valence-corrected chi connectivity index (χ1v) is 8.58. The second-order valence-corrected chi connectivity index (χ2v) is 5.81. The van der Waals surface area contributed by atoms with Crippen molar-refractivity contribution < 1.29 is 14.2 Å². The van der Waals surface area contributed by atoms with Gasteiger partial charge in [0.15, 0.2) is 6.10 Å². The van der Waals surface area contributed by atoms with Crippen molar-refractivity contribution in [1.82, 2.24) is 5.32 Å². The summed E-state index contributed by atoms with van der Waals surface area (Å²) < 4.78 is 18.0. The maximum atomic E-state index is 6.42. The molecule has 0 aliphatic carbocycles. The van der Waals surface area contributed by atoms with Crippen molar-refractivity contribution in [2.75, 3.05) is 26.3 Å². The first-order chi connectivity index (χ1) is 11.9. The fourth-order valence-corrected chi connectivity index (χ4v) is 2.87. The molecule has 4 nitrogen and oxygen atoms in total. The van der Waals surface area contributed by atoms with Gasteiger partial charge in [-0.15, -0.1) is 0 Å². The molecule has 0 radical (unpaired) electrons. The Kier molecular flexibility index (Phi) is 6.24. The molecule has 4 heteroatoms. The van der Waals surface area contributed by atoms with Crippen LogP contribution in [0, 0.1) is 0 Å². The molecule has 2 aromatic rings. The number of benzene rings is 2. The third-order valence-electron chi connectivity index (χ3n) is 4.11. The topological polar surface area (TPSA) is 39.7 Å². The van der Waals surface area contributed by atoms with Gasteiger partial charge in [0.05, 0.1) is 13.2 Å². The zero-order valence-electron chi connectivity index (χ0n) is 14.1. The lowest BCUT2D eigenvalue weighted by Crippen LogP contribution is -2.43. The molecule has 2 atom stereocenters. The van der Waals surface area contributed by atoms with Crippen LogP contribution in [-0.4, -0.2) is 32.4 Å². The van der Waals surface area contributed by atoms with E-state index in [-0.39, 0.29) is 12.2 Å². The molecule has 0 spiro atoms. The number of nitrogens with one attached hydrogen (secondary N) is 1. The van der Waals surface area contributed by atoms with Gasteiger partial charge in [-0.05, 0) is 18.6 Å². The number of ether oxygens (including phenoxy) is 3. The van der Waals surface area contributed by atoms with Gasteiger partial charge >= 0.3 is 0 Å². The summed E-state index contributed by atoms with van der Waals surface area (Å²) in [5.41, 5.74) is 2.18. The maximum Gasteiger partial charge on any atom is 0.151 e. The van der Waals surface area contributed by atoms with Gasteiger partial charge in [-0.25, -0.2) is 0 Å². The van der Waals surface area contributed by atoms with Crippen LogP contribution in [-0.2, 0) is 16.1 Å². The second kappa shape index (κ2) is 8.83. The number of hydrogen-bond donors (Lipinski definition) is 1. The Labute approximate surface area is 143 Å². The van der Waals surface area contributed by atoms with Crippen LogP contribution < -0.4 is 10.1 Å². The highest BCUT2D eigenvalue weighted by atomic mass is 16.5. The Morgan fingerprint density at radius 1 is 1.12 bits per heavy atom. The summed E-state index contributed by atoms with van der Waals surface area (Å²) in [6.07, 6.45) is -0.164. The average molecular weight is 327 g/mol. The van der Waals surface area contributed by atoms with Gasteiger partial charge in [0.25, 0.3) is 0 Å². The van der Waals surface area contributed by atoms with Gasteiger partial charge in [0, 0.05) is 25.3 Å². The van der Waals surface area contributed by atoms with Crippen molar-refractivity contribution in [3.8, 4) is 5.75 Å². The fourth-order valence-electron chi connectivity index (χ4n) is 2.87. The summed E-state index contributed by atoms with van der Waals surface area (Å²) in [6.45, 7) is 5.62. The largest absolute Gasteiger partial charge is 0.483 e.